The number of rotatable bonds is 6. The number of nitro benzene ring substituents is 1. The van der Waals surface area contributed by atoms with Gasteiger partial charge in [-0.1, -0.05) is 35.4 Å². The summed E-state index contributed by atoms with van der Waals surface area (Å²) in [6, 6.07) is 15.8. The van der Waals surface area contributed by atoms with Crippen LogP contribution in [0.15, 0.2) is 71.6 Å². The van der Waals surface area contributed by atoms with Crippen molar-refractivity contribution in [1.29, 1.82) is 0 Å². The molecule has 3 aromatic rings. The van der Waals surface area contributed by atoms with E-state index in [-0.39, 0.29) is 26.9 Å². The molecule has 0 heterocycles. The summed E-state index contributed by atoms with van der Waals surface area (Å²) in [7, 11) is -4.12. The number of amides is 1. The molecule has 0 bridgehead atoms. The Hall–Kier alpha value is -3.43. The fraction of sp³-hybridized carbons (Fsp3) is 0.0500. The zero-order valence-electron chi connectivity index (χ0n) is 15.6. The van der Waals surface area contributed by atoms with Gasteiger partial charge in [-0.15, -0.1) is 0 Å². The number of aryl methyl sites for hydroxylation is 1. The second-order valence-corrected chi connectivity index (χ2v) is 8.46. The van der Waals surface area contributed by atoms with E-state index in [9.17, 15) is 23.3 Å². The van der Waals surface area contributed by atoms with E-state index < -0.39 is 20.9 Å². The number of carbonyl (C=O) groups is 1. The molecule has 0 unspecified atom stereocenters. The number of sulfonamides is 1. The largest absolute Gasteiger partial charge is 0.322 e. The zero-order chi connectivity index (χ0) is 21.9. The summed E-state index contributed by atoms with van der Waals surface area (Å²) in [5.74, 6) is -0.573. The summed E-state index contributed by atoms with van der Waals surface area (Å²) in [4.78, 5) is 22.6. The van der Waals surface area contributed by atoms with Gasteiger partial charge < -0.3 is 5.32 Å². The Bertz CT molecular complexity index is 1230. The lowest BCUT2D eigenvalue weighted by Crippen LogP contribution is -2.16. The maximum absolute atomic E-state index is 12.7. The fourth-order valence-electron chi connectivity index (χ4n) is 2.58. The van der Waals surface area contributed by atoms with Crippen LogP contribution in [0.1, 0.15) is 15.9 Å². The van der Waals surface area contributed by atoms with Crippen LogP contribution in [-0.2, 0) is 10.0 Å². The maximum atomic E-state index is 12.7. The number of hydrogen-bond donors (Lipinski definition) is 2. The normalized spacial score (nSPS) is 11.0. The van der Waals surface area contributed by atoms with Crippen molar-refractivity contribution in [2.75, 3.05) is 10.0 Å². The predicted molar refractivity (Wildman–Crippen MR) is 114 cm³/mol. The summed E-state index contributed by atoms with van der Waals surface area (Å²) < 4.78 is 27.7. The zero-order valence-corrected chi connectivity index (χ0v) is 17.2. The molecule has 0 saturated carbocycles. The lowest BCUT2D eigenvalue weighted by molar-refractivity contribution is -0.384. The van der Waals surface area contributed by atoms with Crippen LogP contribution in [0.2, 0.25) is 5.02 Å². The third-order valence-electron chi connectivity index (χ3n) is 4.11. The Labute approximate surface area is 177 Å². The molecule has 1 amide bonds. The molecule has 0 aliphatic heterocycles. The number of hydrogen-bond acceptors (Lipinski definition) is 5. The Kier molecular flexibility index (Phi) is 6.04. The van der Waals surface area contributed by atoms with Crippen molar-refractivity contribution in [3.05, 3.63) is 93.0 Å². The minimum atomic E-state index is -4.12. The van der Waals surface area contributed by atoms with E-state index in [1.807, 2.05) is 19.1 Å². The van der Waals surface area contributed by atoms with Gasteiger partial charge in [0, 0.05) is 17.8 Å². The van der Waals surface area contributed by atoms with Crippen molar-refractivity contribution in [2.24, 2.45) is 0 Å². The standard InChI is InChI=1S/C20H16ClN3O5S/c1-13-5-7-14(8-6-13)22-20(25)18-12-17(9-10-19(18)21)30(28,29)23-15-3-2-4-16(11-15)24(26)27/h2-12,23H,1H3,(H,22,25). The van der Waals surface area contributed by atoms with Gasteiger partial charge in [0.1, 0.15) is 0 Å². The molecule has 154 valence electrons. The average Bonchev–Trinajstić information content (AvgIpc) is 2.69. The Morgan fingerprint density at radius 1 is 1.00 bits per heavy atom. The molecule has 0 aromatic heterocycles. The van der Waals surface area contributed by atoms with Gasteiger partial charge in [0.25, 0.3) is 21.6 Å². The summed E-state index contributed by atoms with van der Waals surface area (Å²) in [5, 5.41) is 13.6. The van der Waals surface area contributed by atoms with Crippen LogP contribution in [0, 0.1) is 17.0 Å². The number of nitrogens with one attached hydrogen (secondary N) is 2. The van der Waals surface area contributed by atoms with Crippen LogP contribution >= 0.6 is 11.6 Å². The van der Waals surface area contributed by atoms with Crippen molar-refractivity contribution < 1.29 is 18.1 Å². The van der Waals surface area contributed by atoms with Crippen molar-refractivity contribution in [1.82, 2.24) is 0 Å². The van der Waals surface area contributed by atoms with E-state index in [0.29, 0.717) is 5.69 Å². The first-order valence-corrected chi connectivity index (χ1v) is 10.5. The Morgan fingerprint density at radius 2 is 1.70 bits per heavy atom. The highest BCUT2D eigenvalue weighted by molar-refractivity contribution is 7.92. The molecular weight excluding hydrogens is 430 g/mol. The van der Waals surface area contributed by atoms with E-state index in [1.54, 1.807) is 12.1 Å². The van der Waals surface area contributed by atoms with Crippen LogP contribution in [0.5, 0.6) is 0 Å². The van der Waals surface area contributed by atoms with E-state index >= 15 is 0 Å². The van der Waals surface area contributed by atoms with Crippen LogP contribution in [0.4, 0.5) is 17.1 Å². The molecule has 0 aliphatic rings. The van der Waals surface area contributed by atoms with E-state index in [4.69, 9.17) is 11.6 Å². The SMILES string of the molecule is Cc1ccc(NC(=O)c2cc(S(=O)(=O)Nc3cccc([N+](=O)[O-])c3)ccc2Cl)cc1. The quantitative estimate of drug-likeness (QED) is 0.424. The number of non-ortho nitro benzene ring substituents is 1. The first-order chi connectivity index (χ1) is 14.2. The van der Waals surface area contributed by atoms with Crippen LogP contribution in [0.25, 0.3) is 0 Å². The highest BCUT2D eigenvalue weighted by Gasteiger charge is 2.20. The van der Waals surface area contributed by atoms with Gasteiger partial charge in [-0.05, 0) is 43.3 Å². The predicted octanol–water partition coefficient (Wildman–Crippen LogP) is 4.61. The van der Waals surface area contributed by atoms with Gasteiger partial charge in [-0.3, -0.25) is 19.6 Å². The lowest BCUT2D eigenvalue weighted by Gasteiger charge is -2.11. The van der Waals surface area contributed by atoms with E-state index in [2.05, 4.69) is 10.0 Å². The number of carbonyl (C=O) groups excluding carboxylic acids is 1. The number of anilines is 2. The molecule has 3 rings (SSSR count). The summed E-state index contributed by atoms with van der Waals surface area (Å²) in [5.41, 5.74) is 1.28. The Morgan fingerprint density at radius 3 is 2.37 bits per heavy atom. The first-order valence-electron chi connectivity index (χ1n) is 8.60. The van der Waals surface area contributed by atoms with Crippen LogP contribution < -0.4 is 10.0 Å². The monoisotopic (exact) mass is 445 g/mol. The van der Waals surface area contributed by atoms with Crippen molar-refractivity contribution >= 4 is 44.6 Å². The summed E-state index contributed by atoms with van der Waals surface area (Å²) in [6.07, 6.45) is 0. The number of benzene rings is 3. The van der Waals surface area contributed by atoms with Crippen molar-refractivity contribution in [2.45, 2.75) is 11.8 Å². The van der Waals surface area contributed by atoms with Crippen molar-refractivity contribution in [3.63, 3.8) is 0 Å². The lowest BCUT2D eigenvalue weighted by atomic mass is 10.2. The number of nitrogens with zero attached hydrogens (tertiary/aromatic N) is 1. The highest BCUT2D eigenvalue weighted by atomic mass is 35.5. The van der Waals surface area contributed by atoms with E-state index in [1.165, 1.54) is 30.3 Å². The van der Waals surface area contributed by atoms with Gasteiger partial charge in [0.15, 0.2) is 0 Å². The van der Waals surface area contributed by atoms with Crippen LogP contribution in [-0.4, -0.2) is 19.2 Å². The molecule has 2 N–H and O–H groups in total. The molecule has 0 spiro atoms. The van der Waals surface area contributed by atoms with E-state index in [0.717, 1.165) is 17.7 Å². The first kappa shape index (κ1) is 21.3. The van der Waals surface area contributed by atoms with Gasteiger partial charge in [0.05, 0.1) is 26.1 Å². The maximum Gasteiger partial charge on any atom is 0.271 e. The van der Waals surface area contributed by atoms with Gasteiger partial charge in [-0.25, -0.2) is 8.42 Å². The van der Waals surface area contributed by atoms with Crippen molar-refractivity contribution in [3.8, 4) is 0 Å². The summed E-state index contributed by atoms with van der Waals surface area (Å²) in [6.45, 7) is 1.91. The minimum Gasteiger partial charge on any atom is -0.322 e. The molecule has 0 saturated heterocycles. The minimum absolute atomic E-state index is 0.0183. The average molecular weight is 446 g/mol. The molecule has 0 atom stereocenters. The third kappa shape index (κ3) is 4.94. The van der Waals surface area contributed by atoms with Gasteiger partial charge >= 0.3 is 0 Å². The second-order valence-electron chi connectivity index (χ2n) is 6.37. The van der Waals surface area contributed by atoms with Gasteiger partial charge in [0.2, 0.25) is 0 Å². The van der Waals surface area contributed by atoms with Crippen LogP contribution in [0.3, 0.4) is 0 Å². The van der Waals surface area contributed by atoms with Gasteiger partial charge in [-0.2, -0.15) is 0 Å². The number of nitro groups is 1. The molecule has 0 radical (unpaired) electrons. The molecule has 8 nitrogen and oxygen atoms in total. The second kappa shape index (κ2) is 8.52. The molecule has 10 heteroatoms. The summed E-state index contributed by atoms with van der Waals surface area (Å²) >= 11 is 6.10. The number of halogens is 1. The third-order valence-corrected chi connectivity index (χ3v) is 5.82. The highest BCUT2D eigenvalue weighted by Crippen LogP contribution is 2.25. The molecule has 0 aliphatic carbocycles. The topological polar surface area (TPSA) is 118 Å². The molecular formula is C20H16ClN3O5S. The molecule has 3 aromatic carbocycles. The molecule has 0 fully saturated rings. The molecule has 30 heavy (non-hydrogen) atoms. The smallest absolute Gasteiger partial charge is 0.271 e. The fourth-order valence-corrected chi connectivity index (χ4v) is 3.86. The Balaban J connectivity index is 1.87.